The van der Waals surface area contributed by atoms with E-state index in [2.05, 4.69) is 0 Å². The Kier molecular flexibility index (Phi) is 5.91. The summed E-state index contributed by atoms with van der Waals surface area (Å²) in [6.07, 6.45) is -3.31. The lowest BCUT2D eigenvalue weighted by molar-refractivity contribution is -0.347. The SMILES string of the molecule is C[C@@H]1OC2OC3C(CC(c4ccc5c(c4O)C(=O)c4ccc6c(c4C5=O)C(=O)C[C@](C)(O)C6)O[C@@H]3C)OC2CC1=O. The summed E-state index contributed by atoms with van der Waals surface area (Å²) < 4.78 is 24.3. The van der Waals surface area contributed by atoms with Crippen LogP contribution in [0.4, 0.5) is 0 Å². The third-order valence-corrected chi connectivity index (χ3v) is 8.98. The number of hydrogen-bond donors (Lipinski definition) is 2. The van der Waals surface area contributed by atoms with E-state index in [4.69, 9.17) is 18.9 Å². The summed E-state index contributed by atoms with van der Waals surface area (Å²) in [5.41, 5.74) is -0.250. The Balaban J connectivity index is 1.21. The molecule has 10 nitrogen and oxygen atoms in total. The van der Waals surface area contributed by atoms with Crippen LogP contribution in [-0.4, -0.2) is 75.8 Å². The first-order valence-electron chi connectivity index (χ1n) is 13.9. The van der Waals surface area contributed by atoms with E-state index in [9.17, 15) is 29.4 Å². The number of rotatable bonds is 1. The average molecular weight is 563 g/mol. The molecule has 2 N–H and O–H groups in total. The van der Waals surface area contributed by atoms with E-state index in [1.165, 1.54) is 12.1 Å². The van der Waals surface area contributed by atoms with Gasteiger partial charge in [0.15, 0.2) is 29.4 Å². The number of carbonyl (C=O) groups excluding carboxylic acids is 4. The van der Waals surface area contributed by atoms with Gasteiger partial charge in [-0.05, 0) is 38.5 Å². The summed E-state index contributed by atoms with van der Waals surface area (Å²) in [4.78, 5) is 52.6. The van der Waals surface area contributed by atoms with Gasteiger partial charge in [-0.25, -0.2) is 0 Å². The molecule has 0 bridgehead atoms. The van der Waals surface area contributed by atoms with Crippen molar-refractivity contribution in [1.82, 2.24) is 0 Å². The zero-order valence-electron chi connectivity index (χ0n) is 22.8. The van der Waals surface area contributed by atoms with Crippen LogP contribution in [0, 0.1) is 0 Å². The lowest BCUT2D eigenvalue weighted by Gasteiger charge is -2.49. The minimum Gasteiger partial charge on any atom is -0.507 e. The van der Waals surface area contributed by atoms with Crippen LogP contribution in [0.25, 0.3) is 0 Å². The molecule has 3 fully saturated rings. The van der Waals surface area contributed by atoms with Crippen molar-refractivity contribution in [1.29, 1.82) is 0 Å². The van der Waals surface area contributed by atoms with Gasteiger partial charge in [0.2, 0.25) is 0 Å². The van der Waals surface area contributed by atoms with Crippen molar-refractivity contribution in [3.8, 4) is 5.75 Å². The van der Waals surface area contributed by atoms with Crippen LogP contribution in [0.1, 0.15) is 99.5 Å². The maximum Gasteiger partial charge on any atom is 0.198 e. The third-order valence-electron chi connectivity index (χ3n) is 8.98. The first kappa shape index (κ1) is 26.6. The highest BCUT2D eigenvalue weighted by atomic mass is 16.7. The highest BCUT2D eigenvalue weighted by Crippen LogP contribution is 2.46. The fourth-order valence-electron chi connectivity index (χ4n) is 7.01. The lowest BCUT2D eigenvalue weighted by atomic mass is 9.73. The largest absolute Gasteiger partial charge is 0.507 e. The van der Waals surface area contributed by atoms with Gasteiger partial charge in [0.05, 0.1) is 29.5 Å². The number of ether oxygens (including phenoxy) is 4. The fourth-order valence-corrected chi connectivity index (χ4v) is 7.01. The molecule has 0 saturated carbocycles. The molecule has 3 heterocycles. The number of ketones is 4. The van der Waals surface area contributed by atoms with E-state index in [0.717, 1.165) is 0 Å². The minimum absolute atomic E-state index is 0.0103. The summed E-state index contributed by atoms with van der Waals surface area (Å²) in [6, 6.07) is 6.13. The van der Waals surface area contributed by atoms with Crippen LogP contribution in [0.5, 0.6) is 5.75 Å². The van der Waals surface area contributed by atoms with Gasteiger partial charge < -0.3 is 29.2 Å². The zero-order valence-corrected chi connectivity index (χ0v) is 22.8. The maximum absolute atomic E-state index is 13.7. The molecule has 0 radical (unpaired) electrons. The van der Waals surface area contributed by atoms with E-state index in [0.29, 0.717) is 11.1 Å². The van der Waals surface area contributed by atoms with Crippen molar-refractivity contribution in [3.63, 3.8) is 0 Å². The van der Waals surface area contributed by atoms with Gasteiger partial charge >= 0.3 is 0 Å². The molecule has 2 aromatic carbocycles. The summed E-state index contributed by atoms with van der Waals surface area (Å²) >= 11 is 0. The van der Waals surface area contributed by atoms with Crippen LogP contribution >= 0.6 is 0 Å². The topological polar surface area (TPSA) is 146 Å². The van der Waals surface area contributed by atoms with Crippen molar-refractivity contribution in [2.45, 2.75) is 95.0 Å². The van der Waals surface area contributed by atoms with Crippen LogP contribution < -0.4 is 0 Å². The number of aliphatic hydroxyl groups is 1. The van der Waals surface area contributed by atoms with Gasteiger partial charge in [0.1, 0.15) is 24.1 Å². The molecule has 41 heavy (non-hydrogen) atoms. The predicted molar refractivity (Wildman–Crippen MR) is 140 cm³/mol. The van der Waals surface area contributed by atoms with Gasteiger partial charge in [-0.3, -0.25) is 19.2 Å². The highest BCUT2D eigenvalue weighted by Gasteiger charge is 2.50. The number of hydrogen-bond acceptors (Lipinski definition) is 10. The van der Waals surface area contributed by atoms with Crippen LogP contribution in [0.3, 0.4) is 0 Å². The van der Waals surface area contributed by atoms with Crippen molar-refractivity contribution < 1.29 is 48.3 Å². The first-order valence-corrected chi connectivity index (χ1v) is 13.9. The number of fused-ring (bicyclic) bond motifs is 6. The summed E-state index contributed by atoms with van der Waals surface area (Å²) in [7, 11) is 0. The van der Waals surface area contributed by atoms with E-state index in [1.807, 2.05) is 6.92 Å². The molecular formula is C31H30O10. The van der Waals surface area contributed by atoms with Crippen molar-refractivity contribution >= 4 is 23.1 Å². The Hall–Kier alpha value is -3.28. The van der Waals surface area contributed by atoms with Crippen molar-refractivity contribution in [3.05, 3.63) is 63.2 Å². The molecule has 214 valence electrons. The number of aromatic hydroxyl groups is 1. The maximum atomic E-state index is 13.7. The first-order chi connectivity index (χ1) is 19.4. The Morgan fingerprint density at radius 2 is 1.54 bits per heavy atom. The molecule has 5 aliphatic rings. The molecule has 2 aliphatic carbocycles. The quantitative estimate of drug-likeness (QED) is 0.454. The monoisotopic (exact) mass is 562 g/mol. The summed E-state index contributed by atoms with van der Waals surface area (Å²) in [6.45, 7) is 5.07. The van der Waals surface area contributed by atoms with Gasteiger partial charge in [0.25, 0.3) is 0 Å². The highest BCUT2D eigenvalue weighted by molar-refractivity contribution is 6.32. The third kappa shape index (κ3) is 4.04. The Morgan fingerprint density at radius 3 is 2.32 bits per heavy atom. The molecule has 0 spiro atoms. The summed E-state index contributed by atoms with van der Waals surface area (Å²) in [5, 5.41) is 21.9. The second kappa shape index (κ2) is 9.11. The average Bonchev–Trinajstić information content (AvgIpc) is 2.90. The molecule has 0 aromatic heterocycles. The van der Waals surface area contributed by atoms with E-state index >= 15 is 0 Å². The Morgan fingerprint density at radius 1 is 0.829 bits per heavy atom. The van der Waals surface area contributed by atoms with Gasteiger partial charge in [-0.2, -0.15) is 0 Å². The van der Waals surface area contributed by atoms with Crippen LogP contribution in [0.15, 0.2) is 24.3 Å². The molecule has 5 unspecified atom stereocenters. The number of Topliss-reactive ketones (excluding diaryl/α,β-unsaturated/α-hetero) is 2. The molecule has 7 rings (SSSR count). The van der Waals surface area contributed by atoms with E-state index in [-0.39, 0.29) is 65.0 Å². The standard InChI is InChI=1S/C31H30O10/c1-12-18(32)8-22-30(39-12)41-29-13(2)38-20(9-21(29)40-22)15-6-7-17-25(26(15)34)28(36)16-5-4-14-10-31(3,37)11-19(33)23(14)24(16)27(17)35/h4-7,12-13,20-22,29-30,34,37H,8-11H2,1-3H3/t12-,13+,20?,21?,22?,29?,30?,31+/m0/s1. The Labute approximate surface area is 235 Å². The molecular weight excluding hydrogens is 532 g/mol. The van der Waals surface area contributed by atoms with E-state index in [1.54, 1.807) is 26.0 Å². The van der Waals surface area contributed by atoms with Gasteiger partial charge in [0, 0.05) is 53.5 Å². The number of phenols is 1. The lowest BCUT2D eigenvalue weighted by Crippen LogP contribution is -2.60. The number of carbonyl (C=O) groups is 4. The molecule has 3 aliphatic heterocycles. The van der Waals surface area contributed by atoms with Crippen molar-refractivity contribution in [2.75, 3.05) is 0 Å². The smallest absolute Gasteiger partial charge is 0.198 e. The molecule has 8 atom stereocenters. The normalized spacial score (nSPS) is 36.1. The summed E-state index contributed by atoms with van der Waals surface area (Å²) in [5.74, 6) is -1.89. The van der Waals surface area contributed by atoms with Crippen molar-refractivity contribution in [2.24, 2.45) is 0 Å². The van der Waals surface area contributed by atoms with Gasteiger partial charge in [-0.1, -0.05) is 12.1 Å². The zero-order chi connectivity index (χ0) is 29.0. The second-order valence-electron chi connectivity index (χ2n) is 12.1. The molecule has 3 saturated heterocycles. The fraction of sp³-hybridized carbons (Fsp3) is 0.484. The number of benzene rings is 2. The molecule has 10 heteroatoms. The molecule has 0 amide bonds. The Bertz CT molecular complexity index is 1540. The predicted octanol–water partition coefficient (Wildman–Crippen LogP) is 2.75. The minimum atomic E-state index is -1.23. The second-order valence-corrected chi connectivity index (χ2v) is 12.1. The van der Waals surface area contributed by atoms with Crippen LogP contribution in [0.2, 0.25) is 0 Å². The number of phenolic OH excluding ortho intramolecular Hbond substituents is 1. The van der Waals surface area contributed by atoms with Gasteiger partial charge in [-0.15, -0.1) is 0 Å². The van der Waals surface area contributed by atoms with E-state index < -0.39 is 65.9 Å². The molecule has 2 aromatic rings. The van der Waals surface area contributed by atoms with Crippen LogP contribution in [-0.2, 0) is 30.2 Å².